The summed E-state index contributed by atoms with van der Waals surface area (Å²) < 4.78 is 4.57. The van der Waals surface area contributed by atoms with E-state index in [1.165, 1.54) is 48.3 Å². The van der Waals surface area contributed by atoms with Crippen LogP contribution in [0.25, 0.3) is 0 Å². The fraction of sp³-hybridized carbons (Fsp3) is 0.625. The number of amides is 1. The molecular formula is C24H36N4OS. The van der Waals surface area contributed by atoms with Gasteiger partial charge in [0.1, 0.15) is 5.82 Å². The Morgan fingerprint density at radius 3 is 2.60 bits per heavy atom. The lowest BCUT2D eigenvalue weighted by Gasteiger charge is -2.31. The molecule has 6 heteroatoms. The molecule has 0 spiro atoms. The summed E-state index contributed by atoms with van der Waals surface area (Å²) in [6, 6.07) is 8.58. The van der Waals surface area contributed by atoms with E-state index in [4.69, 9.17) is 4.98 Å². The normalized spacial score (nSPS) is 14.8. The molecule has 1 saturated heterocycles. The average molecular weight is 429 g/mol. The van der Waals surface area contributed by atoms with Crippen LogP contribution in [-0.4, -0.2) is 34.9 Å². The highest BCUT2D eigenvalue weighted by atomic mass is 32.1. The summed E-state index contributed by atoms with van der Waals surface area (Å²) in [5.41, 5.74) is 2.53. The fourth-order valence-electron chi connectivity index (χ4n) is 3.90. The van der Waals surface area contributed by atoms with E-state index < -0.39 is 0 Å². The molecule has 0 aliphatic carbocycles. The highest BCUT2D eigenvalue weighted by Gasteiger charge is 2.22. The van der Waals surface area contributed by atoms with Crippen molar-refractivity contribution < 1.29 is 4.79 Å². The van der Waals surface area contributed by atoms with Gasteiger partial charge in [0.25, 0.3) is 0 Å². The summed E-state index contributed by atoms with van der Waals surface area (Å²) in [6.07, 6.45) is 9.64. The molecule has 1 fully saturated rings. The molecule has 1 amide bonds. The van der Waals surface area contributed by atoms with Crippen molar-refractivity contribution in [2.75, 3.05) is 24.5 Å². The van der Waals surface area contributed by atoms with Crippen LogP contribution in [0.4, 0.5) is 5.13 Å². The first kappa shape index (κ1) is 22.7. The van der Waals surface area contributed by atoms with E-state index in [2.05, 4.69) is 52.7 Å². The third-order valence-corrected chi connectivity index (χ3v) is 6.74. The molecule has 0 saturated carbocycles. The van der Waals surface area contributed by atoms with Gasteiger partial charge in [-0.1, -0.05) is 62.4 Å². The number of piperidine rings is 1. The molecule has 0 atom stereocenters. The maximum absolute atomic E-state index is 12.0. The molecule has 1 aliphatic heterocycles. The molecule has 3 rings (SSSR count). The maximum Gasteiger partial charge on any atom is 0.220 e. The molecule has 1 aromatic heterocycles. The van der Waals surface area contributed by atoms with Crippen molar-refractivity contribution in [3.8, 4) is 0 Å². The molecule has 0 unspecified atom stereocenters. The van der Waals surface area contributed by atoms with Crippen LogP contribution in [0.3, 0.4) is 0 Å². The van der Waals surface area contributed by atoms with Crippen LogP contribution in [0.1, 0.15) is 75.2 Å². The number of hydrogen-bond acceptors (Lipinski definition) is 5. The third-order valence-electron chi connectivity index (χ3n) is 5.92. The second kappa shape index (κ2) is 12.0. The SMILES string of the molecule is CCCCCCCC(=O)NCC1CCN(c2nc(Cc3ccc(C)cc3)ns2)CC1. The van der Waals surface area contributed by atoms with E-state index in [0.29, 0.717) is 12.3 Å². The standard InChI is InChI=1S/C24H36N4OS/c1-3-4-5-6-7-8-23(29)25-18-21-13-15-28(16-14-21)24-26-22(27-30-24)17-20-11-9-19(2)10-12-20/h9-12,21H,3-8,13-18H2,1-2H3,(H,25,29). The van der Waals surface area contributed by atoms with Gasteiger partial charge in [-0.2, -0.15) is 4.37 Å². The lowest BCUT2D eigenvalue weighted by Crippen LogP contribution is -2.38. The number of benzene rings is 1. The minimum atomic E-state index is 0.221. The number of hydrogen-bond donors (Lipinski definition) is 1. The van der Waals surface area contributed by atoms with Gasteiger partial charge in [-0.25, -0.2) is 4.98 Å². The molecule has 2 heterocycles. The van der Waals surface area contributed by atoms with Gasteiger partial charge in [0.15, 0.2) is 0 Å². The summed E-state index contributed by atoms with van der Waals surface area (Å²) in [6.45, 7) is 7.13. The fourth-order valence-corrected chi connectivity index (χ4v) is 4.63. The number of nitrogens with zero attached hydrogens (tertiary/aromatic N) is 3. The van der Waals surface area contributed by atoms with Crippen LogP contribution in [0, 0.1) is 12.8 Å². The zero-order valence-electron chi connectivity index (χ0n) is 18.5. The number of rotatable bonds is 11. The molecule has 1 aromatic carbocycles. The lowest BCUT2D eigenvalue weighted by molar-refractivity contribution is -0.121. The Balaban J connectivity index is 1.35. The van der Waals surface area contributed by atoms with Gasteiger partial charge < -0.3 is 10.2 Å². The van der Waals surface area contributed by atoms with Crippen molar-refractivity contribution in [1.82, 2.24) is 14.7 Å². The van der Waals surface area contributed by atoms with E-state index in [-0.39, 0.29) is 5.91 Å². The molecule has 0 radical (unpaired) electrons. The van der Waals surface area contributed by atoms with Gasteiger partial charge in [0.2, 0.25) is 11.0 Å². The number of anilines is 1. The molecule has 0 bridgehead atoms. The first-order valence-electron chi connectivity index (χ1n) is 11.5. The van der Waals surface area contributed by atoms with E-state index in [1.807, 2.05) is 0 Å². The van der Waals surface area contributed by atoms with Gasteiger partial charge in [-0.05, 0) is 37.7 Å². The van der Waals surface area contributed by atoms with Crippen LogP contribution in [0.15, 0.2) is 24.3 Å². The Labute approximate surface area is 185 Å². The third kappa shape index (κ3) is 7.38. The second-order valence-corrected chi connectivity index (χ2v) is 9.28. The van der Waals surface area contributed by atoms with E-state index in [0.717, 1.165) is 56.3 Å². The van der Waals surface area contributed by atoms with Crippen LogP contribution in [0.2, 0.25) is 0 Å². The Morgan fingerprint density at radius 2 is 1.87 bits per heavy atom. The zero-order valence-corrected chi connectivity index (χ0v) is 19.3. The highest BCUT2D eigenvalue weighted by Crippen LogP contribution is 2.25. The van der Waals surface area contributed by atoms with E-state index in [9.17, 15) is 4.79 Å². The van der Waals surface area contributed by atoms with Crippen molar-refractivity contribution in [3.05, 3.63) is 41.2 Å². The molecule has 1 N–H and O–H groups in total. The number of aryl methyl sites for hydroxylation is 1. The van der Waals surface area contributed by atoms with E-state index >= 15 is 0 Å². The van der Waals surface area contributed by atoms with Crippen LogP contribution in [0.5, 0.6) is 0 Å². The van der Waals surface area contributed by atoms with Crippen LogP contribution >= 0.6 is 11.5 Å². The number of carbonyl (C=O) groups is 1. The van der Waals surface area contributed by atoms with Crippen molar-refractivity contribution in [1.29, 1.82) is 0 Å². The molecule has 30 heavy (non-hydrogen) atoms. The Bertz CT molecular complexity index is 766. The lowest BCUT2D eigenvalue weighted by atomic mass is 9.97. The Morgan fingerprint density at radius 1 is 1.13 bits per heavy atom. The van der Waals surface area contributed by atoms with Gasteiger partial charge in [-0.3, -0.25) is 4.79 Å². The van der Waals surface area contributed by atoms with Crippen molar-refractivity contribution in [2.45, 2.75) is 71.6 Å². The van der Waals surface area contributed by atoms with Crippen molar-refractivity contribution in [3.63, 3.8) is 0 Å². The quantitative estimate of drug-likeness (QED) is 0.504. The first-order chi connectivity index (χ1) is 14.6. The average Bonchev–Trinajstić information content (AvgIpc) is 3.22. The number of carbonyl (C=O) groups excluding carboxylic acids is 1. The minimum Gasteiger partial charge on any atom is -0.356 e. The second-order valence-electron chi connectivity index (χ2n) is 8.55. The first-order valence-corrected chi connectivity index (χ1v) is 12.3. The summed E-state index contributed by atoms with van der Waals surface area (Å²) in [7, 11) is 0. The highest BCUT2D eigenvalue weighted by molar-refractivity contribution is 7.09. The minimum absolute atomic E-state index is 0.221. The van der Waals surface area contributed by atoms with Crippen LogP contribution in [-0.2, 0) is 11.2 Å². The van der Waals surface area contributed by atoms with Crippen molar-refractivity contribution in [2.24, 2.45) is 5.92 Å². The van der Waals surface area contributed by atoms with Gasteiger partial charge >= 0.3 is 0 Å². The maximum atomic E-state index is 12.0. The van der Waals surface area contributed by atoms with Gasteiger partial charge in [0, 0.05) is 44.0 Å². The van der Waals surface area contributed by atoms with Crippen LogP contribution < -0.4 is 10.2 Å². The van der Waals surface area contributed by atoms with Gasteiger partial charge in [-0.15, -0.1) is 0 Å². The molecular weight excluding hydrogens is 392 g/mol. The topological polar surface area (TPSA) is 58.1 Å². The predicted octanol–water partition coefficient (Wildman–Crippen LogP) is 5.13. The largest absolute Gasteiger partial charge is 0.356 e. The molecule has 1 aliphatic rings. The smallest absolute Gasteiger partial charge is 0.220 e. The number of unbranched alkanes of at least 4 members (excludes halogenated alkanes) is 4. The Hall–Kier alpha value is -1.95. The summed E-state index contributed by atoms with van der Waals surface area (Å²) in [4.78, 5) is 19.2. The summed E-state index contributed by atoms with van der Waals surface area (Å²) >= 11 is 1.51. The van der Waals surface area contributed by atoms with E-state index in [1.54, 1.807) is 0 Å². The number of nitrogens with one attached hydrogen (secondary N) is 1. The van der Waals surface area contributed by atoms with Gasteiger partial charge in [0.05, 0.1) is 0 Å². The monoisotopic (exact) mass is 428 g/mol. The van der Waals surface area contributed by atoms with Crippen molar-refractivity contribution >= 4 is 22.6 Å². The zero-order chi connectivity index (χ0) is 21.2. The molecule has 5 nitrogen and oxygen atoms in total. The number of aromatic nitrogens is 2. The molecule has 164 valence electrons. The Kier molecular flexibility index (Phi) is 9.12. The predicted molar refractivity (Wildman–Crippen MR) is 125 cm³/mol. The summed E-state index contributed by atoms with van der Waals surface area (Å²) in [5.74, 6) is 1.70. The summed E-state index contributed by atoms with van der Waals surface area (Å²) in [5, 5.41) is 4.18. The molecule has 2 aromatic rings.